The van der Waals surface area contributed by atoms with Crippen molar-refractivity contribution < 1.29 is 33.7 Å². The zero-order valence-electron chi connectivity index (χ0n) is 26.6. The summed E-state index contributed by atoms with van der Waals surface area (Å²) in [4.78, 5) is 27.2. The molecule has 8 heteroatoms. The van der Waals surface area contributed by atoms with E-state index in [2.05, 4.69) is 0 Å². The minimum Gasteiger partial charge on any atom is -0.497 e. The number of unbranched alkanes of at least 4 members (excludes halogenated alkanes) is 1. The van der Waals surface area contributed by atoms with Gasteiger partial charge in [-0.1, -0.05) is 13.3 Å². The highest BCUT2D eigenvalue weighted by molar-refractivity contribution is 6.09. The van der Waals surface area contributed by atoms with Crippen LogP contribution in [0.25, 0.3) is 11.1 Å². The first-order valence-corrected chi connectivity index (χ1v) is 14.7. The summed E-state index contributed by atoms with van der Waals surface area (Å²) in [6.45, 7) is 13.7. The lowest BCUT2D eigenvalue weighted by Crippen LogP contribution is -2.29. The van der Waals surface area contributed by atoms with Crippen LogP contribution in [0.4, 0.5) is 10.1 Å². The van der Waals surface area contributed by atoms with Crippen LogP contribution < -0.4 is 14.4 Å². The second-order valence-corrected chi connectivity index (χ2v) is 12.0. The molecule has 3 aromatic rings. The van der Waals surface area contributed by atoms with Crippen molar-refractivity contribution in [2.24, 2.45) is 0 Å². The maximum atomic E-state index is 15.2. The highest BCUT2D eigenvalue weighted by atomic mass is 19.1. The van der Waals surface area contributed by atoms with Crippen molar-refractivity contribution >= 4 is 17.6 Å². The Kier molecular flexibility index (Phi) is 11.0. The van der Waals surface area contributed by atoms with Crippen molar-refractivity contribution in [2.75, 3.05) is 25.2 Å². The largest absolute Gasteiger partial charge is 0.497 e. The number of hydrogen-bond donors (Lipinski definition) is 2. The average molecular weight is 594 g/mol. The van der Waals surface area contributed by atoms with Crippen molar-refractivity contribution in [3.05, 3.63) is 75.6 Å². The molecule has 43 heavy (non-hydrogen) atoms. The number of ether oxygens (including phenoxy) is 2. The van der Waals surface area contributed by atoms with Crippen LogP contribution >= 0.6 is 0 Å². The number of aliphatic carboxylic acids is 1. The number of carbonyl (C=O) groups excluding carboxylic acids is 1. The van der Waals surface area contributed by atoms with Crippen molar-refractivity contribution in [3.63, 3.8) is 0 Å². The van der Waals surface area contributed by atoms with Gasteiger partial charge in [0, 0.05) is 17.8 Å². The van der Waals surface area contributed by atoms with Gasteiger partial charge in [0.15, 0.2) is 11.6 Å². The summed E-state index contributed by atoms with van der Waals surface area (Å²) in [6, 6.07) is 10.4. The number of methoxy groups -OCH3 is 1. The first kappa shape index (κ1) is 33.6. The summed E-state index contributed by atoms with van der Waals surface area (Å²) in [5, 5.41) is 18.2. The fourth-order valence-corrected chi connectivity index (χ4v) is 5.15. The molecular formula is C35H44FNO6. The number of halogens is 1. The third kappa shape index (κ3) is 8.35. The molecule has 0 saturated heterocycles. The van der Waals surface area contributed by atoms with Gasteiger partial charge in [0.25, 0.3) is 5.91 Å². The highest BCUT2D eigenvalue weighted by Crippen LogP contribution is 2.43. The Morgan fingerprint density at radius 1 is 1.02 bits per heavy atom. The maximum absolute atomic E-state index is 15.2. The topological polar surface area (TPSA) is 96.3 Å². The summed E-state index contributed by atoms with van der Waals surface area (Å²) in [6.07, 6.45) is 2.11. The molecule has 7 nitrogen and oxygen atoms in total. The van der Waals surface area contributed by atoms with E-state index in [9.17, 15) is 14.7 Å². The van der Waals surface area contributed by atoms with Crippen LogP contribution in [0, 0.1) is 26.6 Å². The smallest absolute Gasteiger partial charge is 0.307 e. The van der Waals surface area contributed by atoms with Crippen LogP contribution in [-0.2, 0) is 17.6 Å². The summed E-state index contributed by atoms with van der Waals surface area (Å²) in [5.74, 6) is -0.722. The molecule has 0 aromatic heterocycles. The molecular weight excluding hydrogens is 549 g/mol. The number of amides is 1. The average Bonchev–Trinajstić information content (AvgIpc) is 3.32. The van der Waals surface area contributed by atoms with E-state index < -0.39 is 17.4 Å². The molecule has 3 aromatic carbocycles. The van der Waals surface area contributed by atoms with Gasteiger partial charge in [-0.05, 0) is 130 Å². The molecule has 0 atom stereocenters. The van der Waals surface area contributed by atoms with Crippen LogP contribution in [0.1, 0.15) is 78.7 Å². The number of carbonyl (C=O) groups is 2. The molecule has 1 aliphatic rings. The number of aliphatic hydroxyl groups is 1. The first-order valence-electron chi connectivity index (χ1n) is 14.7. The van der Waals surface area contributed by atoms with Gasteiger partial charge >= 0.3 is 5.97 Å². The molecule has 4 rings (SSSR count). The third-order valence-corrected chi connectivity index (χ3v) is 7.16. The van der Waals surface area contributed by atoms with Crippen molar-refractivity contribution in [1.82, 2.24) is 0 Å². The number of carboxylic acid groups (broad SMARTS) is 1. The van der Waals surface area contributed by atoms with E-state index in [4.69, 9.17) is 14.6 Å². The van der Waals surface area contributed by atoms with Crippen LogP contribution in [-0.4, -0.2) is 48.0 Å². The van der Waals surface area contributed by atoms with Gasteiger partial charge in [-0.3, -0.25) is 9.59 Å². The molecule has 232 valence electrons. The lowest BCUT2D eigenvalue weighted by Gasteiger charge is -2.23. The molecule has 1 heterocycles. The first-order chi connectivity index (χ1) is 20.2. The normalized spacial score (nSPS) is 12.4. The van der Waals surface area contributed by atoms with E-state index in [1.165, 1.54) is 6.07 Å². The molecule has 0 aliphatic carbocycles. The quantitative estimate of drug-likeness (QED) is 0.255. The standard InChI is InChI=1S/C31H34FNO5.C4H10O/c1-6-7-12-38-28-15-20(4)24(16-26(28)32)30-23-10-11-33(27(23)14-19(3)25(30)17-29(34)35)31(36)22-9-8-21(37-5)13-18(22)2;1-4(2,3)5/h8-9,13-16H,6-7,10-12,17H2,1-5H3,(H,34,35);5H,1-3H3. The van der Waals surface area contributed by atoms with E-state index in [-0.39, 0.29) is 18.1 Å². The summed E-state index contributed by atoms with van der Waals surface area (Å²) in [5.41, 5.74) is 5.94. The van der Waals surface area contributed by atoms with E-state index in [0.717, 1.165) is 40.8 Å². The Morgan fingerprint density at radius 2 is 1.70 bits per heavy atom. The fraction of sp³-hybridized carbons (Fsp3) is 0.429. The van der Waals surface area contributed by atoms with Gasteiger partial charge in [-0.15, -0.1) is 0 Å². The van der Waals surface area contributed by atoms with Crippen molar-refractivity contribution in [1.29, 1.82) is 0 Å². The number of rotatable bonds is 9. The van der Waals surface area contributed by atoms with E-state index >= 15 is 4.39 Å². The van der Waals surface area contributed by atoms with Crippen molar-refractivity contribution in [3.8, 4) is 22.6 Å². The van der Waals surface area contributed by atoms with Gasteiger partial charge in [0.1, 0.15) is 5.75 Å². The molecule has 0 radical (unpaired) electrons. The van der Waals surface area contributed by atoms with Crippen LogP contribution in [0.15, 0.2) is 36.4 Å². The highest BCUT2D eigenvalue weighted by Gasteiger charge is 2.32. The van der Waals surface area contributed by atoms with E-state index in [0.29, 0.717) is 47.6 Å². The molecule has 0 bridgehead atoms. The number of nitrogens with zero attached hydrogens (tertiary/aromatic N) is 1. The van der Waals surface area contributed by atoms with Gasteiger partial charge in [-0.2, -0.15) is 0 Å². The Morgan fingerprint density at radius 3 is 2.28 bits per heavy atom. The van der Waals surface area contributed by atoms with Gasteiger partial charge in [-0.25, -0.2) is 4.39 Å². The number of aryl methyl sites for hydroxylation is 3. The summed E-state index contributed by atoms with van der Waals surface area (Å²) < 4.78 is 26.1. The SMILES string of the molecule is CC(C)(C)O.CCCCOc1cc(C)c(-c2c(CC(=O)O)c(C)cc3c2CCN3C(=O)c2ccc(OC)cc2C)cc1F. The summed E-state index contributed by atoms with van der Waals surface area (Å²) >= 11 is 0. The van der Waals surface area contributed by atoms with Gasteiger partial charge in [0.2, 0.25) is 0 Å². The molecule has 0 saturated carbocycles. The molecule has 0 unspecified atom stereocenters. The molecule has 1 aliphatic heterocycles. The lowest BCUT2D eigenvalue weighted by molar-refractivity contribution is -0.136. The van der Waals surface area contributed by atoms with E-state index in [1.807, 2.05) is 39.8 Å². The number of hydrogen-bond acceptors (Lipinski definition) is 5. The number of carboxylic acids is 1. The monoisotopic (exact) mass is 593 g/mol. The van der Waals surface area contributed by atoms with Crippen LogP contribution in [0.2, 0.25) is 0 Å². The van der Waals surface area contributed by atoms with Gasteiger partial charge < -0.3 is 24.6 Å². The minimum absolute atomic E-state index is 0.136. The van der Waals surface area contributed by atoms with E-state index in [1.54, 1.807) is 51.0 Å². The summed E-state index contributed by atoms with van der Waals surface area (Å²) in [7, 11) is 1.58. The Bertz CT molecular complexity index is 1480. The zero-order valence-corrected chi connectivity index (χ0v) is 26.6. The second-order valence-electron chi connectivity index (χ2n) is 12.0. The predicted octanol–water partition coefficient (Wildman–Crippen LogP) is 7.21. The molecule has 0 fully saturated rings. The maximum Gasteiger partial charge on any atom is 0.307 e. The second kappa shape index (κ2) is 14.0. The zero-order chi connectivity index (χ0) is 32.1. The van der Waals surface area contributed by atoms with Crippen LogP contribution in [0.5, 0.6) is 11.5 Å². The molecule has 1 amide bonds. The van der Waals surface area contributed by atoms with Crippen LogP contribution in [0.3, 0.4) is 0 Å². The Hall–Kier alpha value is -3.91. The lowest BCUT2D eigenvalue weighted by atomic mass is 9.86. The number of benzene rings is 3. The molecule has 0 spiro atoms. The molecule has 2 N–H and O–H groups in total. The Balaban J connectivity index is 0.000000934. The Labute approximate surface area is 254 Å². The minimum atomic E-state index is -0.966. The fourth-order valence-electron chi connectivity index (χ4n) is 5.15. The number of fused-ring (bicyclic) bond motifs is 1. The predicted molar refractivity (Wildman–Crippen MR) is 168 cm³/mol. The number of anilines is 1. The van der Waals surface area contributed by atoms with Crippen molar-refractivity contribution in [2.45, 2.75) is 79.8 Å². The third-order valence-electron chi connectivity index (χ3n) is 7.16. The van der Waals surface area contributed by atoms with Gasteiger partial charge in [0.05, 0.1) is 25.7 Å².